The lowest BCUT2D eigenvalue weighted by Crippen LogP contribution is -2.34. The predicted octanol–water partition coefficient (Wildman–Crippen LogP) is 4.05. The summed E-state index contributed by atoms with van der Waals surface area (Å²) >= 11 is 0. The highest BCUT2D eigenvalue weighted by molar-refractivity contribution is 5.67. The molecule has 0 aliphatic rings. The van der Waals surface area contributed by atoms with E-state index in [1.54, 1.807) is 0 Å². The summed E-state index contributed by atoms with van der Waals surface area (Å²) in [5, 5.41) is 6.12. The zero-order valence-electron chi connectivity index (χ0n) is 15.1. The Kier molecular flexibility index (Phi) is 7.20. The molecule has 130 valence electrons. The lowest BCUT2D eigenvalue weighted by atomic mass is 10.1. The summed E-state index contributed by atoms with van der Waals surface area (Å²) in [6.07, 6.45) is -0.428. The number of alkyl carbamates (subject to hydrolysis) is 1. The average Bonchev–Trinajstić information content (AvgIpc) is 2.42. The van der Waals surface area contributed by atoms with Crippen LogP contribution in [0.4, 0.5) is 10.5 Å². The molecule has 0 aliphatic heterocycles. The van der Waals surface area contributed by atoms with E-state index in [-0.39, 0.29) is 0 Å². The van der Waals surface area contributed by atoms with Crippen molar-refractivity contribution in [2.24, 2.45) is 5.92 Å². The van der Waals surface area contributed by atoms with E-state index >= 15 is 0 Å². The van der Waals surface area contributed by atoms with Gasteiger partial charge in [0.05, 0.1) is 6.54 Å². The molecule has 0 aromatic heterocycles. The molecule has 23 heavy (non-hydrogen) atoms. The van der Waals surface area contributed by atoms with E-state index in [1.807, 2.05) is 45.0 Å². The fourth-order valence-electron chi connectivity index (χ4n) is 1.74. The number of anilines is 1. The van der Waals surface area contributed by atoms with Crippen molar-refractivity contribution in [3.8, 4) is 5.75 Å². The minimum absolute atomic E-state index is 0.388. The molecule has 1 unspecified atom stereocenters. The lowest BCUT2D eigenvalue weighted by molar-refractivity contribution is 0.0520. The number of carbonyl (C=O) groups excluding carboxylic acids is 1. The van der Waals surface area contributed by atoms with Crippen molar-refractivity contribution in [3.63, 3.8) is 0 Å². The van der Waals surface area contributed by atoms with Crippen molar-refractivity contribution >= 4 is 11.8 Å². The Morgan fingerprint density at radius 1 is 1.22 bits per heavy atom. The fraction of sp³-hybridized carbons (Fsp3) is 0.611. The smallest absolute Gasteiger partial charge is 0.407 e. The zero-order chi connectivity index (χ0) is 17.5. The predicted molar refractivity (Wildman–Crippen MR) is 94.1 cm³/mol. The maximum absolute atomic E-state index is 11.5. The van der Waals surface area contributed by atoms with Crippen LogP contribution in [0.25, 0.3) is 0 Å². The van der Waals surface area contributed by atoms with Crippen LogP contribution in [0.3, 0.4) is 0 Å². The van der Waals surface area contributed by atoms with Crippen LogP contribution in [0.5, 0.6) is 5.75 Å². The van der Waals surface area contributed by atoms with Gasteiger partial charge in [0, 0.05) is 17.8 Å². The third-order valence-electron chi connectivity index (χ3n) is 3.27. The molecule has 5 heteroatoms. The van der Waals surface area contributed by atoms with Crippen LogP contribution < -0.4 is 15.4 Å². The van der Waals surface area contributed by atoms with E-state index in [0.29, 0.717) is 25.1 Å². The highest BCUT2D eigenvalue weighted by atomic mass is 16.6. The van der Waals surface area contributed by atoms with Crippen LogP contribution in [0, 0.1) is 5.92 Å². The van der Waals surface area contributed by atoms with E-state index in [0.717, 1.165) is 11.4 Å². The summed E-state index contributed by atoms with van der Waals surface area (Å²) in [5.41, 5.74) is 0.543. The van der Waals surface area contributed by atoms with E-state index in [4.69, 9.17) is 9.47 Å². The minimum atomic E-state index is -0.488. The SMILES string of the molecule is CC(C)C(C)Nc1cccc(OCCNC(=O)OC(C)(C)C)c1. The number of benzene rings is 1. The van der Waals surface area contributed by atoms with Crippen LogP contribution in [-0.2, 0) is 4.74 Å². The number of nitrogens with one attached hydrogen (secondary N) is 2. The van der Waals surface area contributed by atoms with Crippen LogP contribution in [0.15, 0.2) is 24.3 Å². The maximum atomic E-state index is 11.5. The van der Waals surface area contributed by atoms with Gasteiger partial charge >= 0.3 is 6.09 Å². The first kappa shape index (κ1) is 19.1. The fourth-order valence-corrected chi connectivity index (χ4v) is 1.74. The second-order valence-electron chi connectivity index (χ2n) is 6.98. The summed E-state index contributed by atoms with van der Waals surface area (Å²) in [6, 6.07) is 8.22. The number of hydrogen-bond acceptors (Lipinski definition) is 4. The number of amides is 1. The van der Waals surface area contributed by atoms with E-state index in [9.17, 15) is 4.79 Å². The largest absolute Gasteiger partial charge is 0.492 e. The molecule has 0 heterocycles. The van der Waals surface area contributed by atoms with Crippen LogP contribution >= 0.6 is 0 Å². The molecule has 0 bridgehead atoms. The van der Waals surface area contributed by atoms with E-state index in [2.05, 4.69) is 31.4 Å². The molecule has 0 saturated carbocycles. The molecule has 1 rings (SSSR count). The van der Waals surface area contributed by atoms with Crippen LogP contribution in [0.1, 0.15) is 41.5 Å². The highest BCUT2D eigenvalue weighted by Crippen LogP contribution is 2.19. The van der Waals surface area contributed by atoms with Crippen molar-refractivity contribution in [1.82, 2.24) is 5.32 Å². The Balaban J connectivity index is 2.37. The first-order valence-electron chi connectivity index (χ1n) is 8.13. The quantitative estimate of drug-likeness (QED) is 0.744. The van der Waals surface area contributed by atoms with Crippen LogP contribution in [-0.4, -0.2) is 30.9 Å². The maximum Gasteiger partial charge on any atom is 0.407 e. The summed E-state index contributed by atoms with van der Waals surface area (Å²) in [7, 11) is 0. The Bertz CT molecular complexity index is 495. The molecule has 0 saturated heterocycles. The molecule has 2 N–H and O–H groups in total. The Morgan fingerprint density at radius 2 is 1.91 bits per heavy atom. The minimum Gasteiger partial charge on any atom is -0.492 e. The van der Waals surface area contributed by atoms with Gasteiger partial charge in [0.2, 0.25) is 0 Å². The first-order valence-corrected chi connectivity index (χ1v) is 8.13. The van der Waals surface area contributed by atoms with Gasteiger partial charge in [-0.25, -0.2) is 4.79 Å². The van der Waals surface area contributed by atoms with Gasteiger partial charge in [0.15, 0.2) is 0 Å². The number of hydrogen-bond donors (Lipinski definition) is 2. The topological polar surface area (TPSA) is 59.6 Å². The monoisotopic (exact) mass is 322 g/mol. The summed E-state index contributed by atoms with van der Waals surface area (Å²) in [6.45, 7) is 12.8. The molecule has 1 aromatic carbocycles. The zero-order valence-corrected chi connectivity index (χ0v) is 15.1. The Morgan fingerprint density at radius 3 is 2.52 bits per heavy atom. The normalized spacial score (nSPS) is 12.7. The van der Waals surface area contributed by atoms with Gasteiger partial charge in [-0.2, -0.15) is 0 Å². The van der Waals surface area contributed by atoms with Gasteiger partial charge in [0.1, 0.15) is 18.0 Å². The lowest BCUT2D eigenvalue weighted by Gasteiger charge is -2.20. The highest BCUT2D eigenvalue weighted by Gasteiger charge is 2.15. The summed E-state index contributed by atoms with van der Waals surface area (Å²) in [4.78, 5) is 11.5. The molecule has 0 aliphatic carbocycles. The van der Waals surface area contributed by atoms with E-state index in [1.165, 1.54) is 0 Å². The first-order chi connectivity index (χ1) is 10.7. The van der Waals surface area contributed by atoms with E-state index < -0.39 is 11.7 Å². The molecule has 0 radical (unpaired) electrons. The van der Waals surface area contributed by atoms with Gasteiger partial charge in [-0.1, -0.05) is 19.9 Å². The number of ether oxygens (including phenoxy) is 2. The van der Waals surface area contributed by atoms with Crippen molar-refractivity contribution in [2.75, 3.05) is 18.5 Å². The second-order valence-corrected chi connectivity index (χ2v) is 6.98. The molecular weight excluding hydrogens is 292 g/mol. The summed E-state index contributed by atoms with van der Waals surface area (Å²) < 4.78 is 10.8. The standard InChI is InChI=1S/C18H30N2O3/c1-13(2)14(3)20-15-8-7-9-16(12-15)22-11-10-19-17(21)23-18(4,5)6/h7-9,12-14,20H,10-11H2,1-6H3,(H,19,21). The van der Waals surface area contributed by atoms with Crippen molar-refractivity contribution < 1.29 is 14.3 Å². The average molecular weight is 322 g/mol. The third kappa shape index (κ3) is 8.33. The molecule has 0 fully saturated rings. The van der Waals surface area contributed by atoms with Gasteiger partial charge in [-0.3, -0.25) is 0 Å². The van der Waals surface area contributed by atoms with Gasteiger partial charge in [-0.05, 0) is 45.7 Å². The second kappa shape index (κ2) is 8.65. The van der Waals surface area contributed by atoms with Gasteiger partial charge in [-0.15, -0.1) is 0 Å². The molecule has 1 aromatic rings. The Hall–Kier alpha value is -1.91. The third-order valence-corrected chi connectivity index (χ3v) is 3.27. The molecule has 5 nitrogen and oxygen atoms in total. The number of rotatable bonds is 7. The van der Waals surface area contributed by atoms with Crippen molar-refractivity contribution in [3.05, 3.63) is 24.3 Å². The van der Waals surface area contributed by atoms with Crippen molar-refractivity contribution in [2.45, 2.75) is 53.2 Å². The molecular formula is C18H30N2O3. The van der Waals surface area contributed by atoms with Gasteiger partial charge < -0.3 is 20.1 Å². The molecule has 1 amide bonds. The summed E-state index contributed by atoms with van der Waals surface area (Å²) in [5.74, 6) is 1.33. The number of carbonyl (C=O) groups is 1. The van der Waals surface area contributed by atoms with Crippen LogP contribution in [0.2, 0.25) is 0 Å². The Labute approximate surface area is 139 Å². The molecule has 1 atom stereocenters. The van der Waals surface area contributed by atoms with Crippen molar-refractivity contribution in [1.29, 1.82) is 0 Å². The molecule has 0 spiro atoms. The van der Waals surface area contributed by atoms with Gasteiger partial charge in [0.25, 0.3) is 0 Å².